The van der Waals surface area contributed by atoms with Gasteiger partial charge in [0.05, 0.1) is 13.2 Å². The van der Waals surface area contributed by atoms with Gasteiger partial charge in [0.1, 0.15) is 5.75 Å². The van der Waals surface area contributed by atoms with Gasteiger partial charge >= 0.3 is 0 Å². The molecule has 0 aromatic heterocycles. The Kier molecular flexibility index (Phi) is 3.23. The van der Waals surface area contributed by atoms with E-state index in [9.17, 15) is 0 Å². The van der Waals surface area contributed by atoms with Crippen LogP contribution in [0.5, 0.6) is 5.75 Å². The van der Waals surface area contributed by atoms with Crippen LogP contribution in [0.4, 0.5) is 5.69 Å². The molecule has 0 saturated heterocycles. The zero-order chi connectivity index (χ0) is 12.3. The fourth-order valence-corrected chi connectivity index (χ4v) is 2.04. The normalized spacial score (nSPS) is 16.1. The van der Waals surface area contributed by atoms with Crippen molar-refractivity contribution in [2.75, 3.05) is 19.0 Å². The summed E-state index contributed by atoms with van der Waals surface area (Å²) in [7, 11) is 1.68. The van der Waals surface area contributed by atoms with Crippen molar-refractivity contribution in [3.05, 3.63) is 23.8 Å². The fraction of sp³-hybridized carbons (Fsp3) is 0.500. The van der Waals surface area contributed by atoms with Gasteiger partial charge in [0, 0.05) is 24.1 Å². The van der Waals surface area contributed by atoms with E-state index in [2.05, 4.69) is 17.5 Å². The van der Waals surface area contributed by atoms with Crippen molar-refractivity contribution < 1.29 is 4.74 Å². The van der Waals surface area contributed by atoms with Gasteiger partial charge in [-0.15, -0.1) is 0 Å². The summed E-state index contributed by atoms with van der Waals surface area (Å²) in [5, 5.41) is 12.2. The number of methoxy groups -OCH3 is 1. The van der Waals surface area contributed by atoms with Crippen molar-refractivity contribution >= 4 is 5.69 Å². The number of hydrogen-bond donors (Lipinski definition) is 1. The van der Waals surface area contributed by atoms with Crippen LogP contribution in [0, 0.1) is 23.7 Å². The first kappa shape index (κ1) is 11.8. The predicted octanol–water partition coefficient (Wildman–Crippen LogP) is 3.11. The molecule has 17 heavy (non-hydrogen) atoms. The summed E-state index contributed by atoms with van der Waals surface area (Å²) >= 11 is 0. The summed E-state index contributed by atoms with van der Waals surface area (Å²) in [4.78, 5) is 0. The van der Waals surface area contributed by atoms with E-state index in [-0.39, 0.29) is 5.41 Å². The lowest BCUT2D eigenvalue weighted by molar-refractivity contribution is 0.412. The molecule has 2 rings (SSSR count). The molecule has 1 aromatic carbocycles. The van der Waals surface area contributed by atoms with Crippen molar-refractivity contribution in [1.82, 2.24) is 0 Å². The standard InChI is InChI=1S/C14H18N2O/c1-11-9-12(3-4-13(11)17-2)16-10-14(5-6-14)7-8-15/h3-4,9,16H,5-7,10H2,1-2H3. The topological polar surface area (TPSA) is 45.0 Å². The van der Waals surface area contributed by atoms with Crippen LogP contribution in [0.1, 0.15) is 24.8 Å². The van der Waals surface area contributed by atoms with Crippen molar-refractivity contribution in [2.45, 2.75) is 26.2 Å². The second-order valence-corrected chi connectivity index (χ2v) is 4.87. The highest BCUT2D eigenvalue weighted by atomic mass is 16.5. The number of aryl methyl sites for hydroxylation is 1. The number of ether oxygens (including phenoxy) is 1. The van der Waals surface area contributed by atoms with E-state index >= 15 is 0 Å². The quantitative estimate of drug-likeness (QED) is 0.845. The average Bonchev–Trinajstić information content (AvgIpc) is 3.08. The molecule has 0 aliphatic heterocycles. The highest BCUT2D eigenvalue weighted by Crippen LogP contribution is 2.48. The Morgan fingerprint density at radius 1 is 1.47 bits per heavy atom. The summed E-state index contributed by atoms with van der Waals surface area (Å²) in [6.45, 7) is 2.93. The molecule has 1 N–H and O–H groups in total. The molecule has 0 spiro atoms. The smallest absolute Gasteiger partial charge is 0.121 e. The molecule has 1 aliphatic rings. The van der Waals surface area contributed by atoms with Gasteiger partial charge in [-0.1, -0.05) is 0 Å². The minimum Gasteiger partial charge on any atom is -0.496 e. The minimum absolute atomic E-state index is 0.239. The van der Waals surface area contributed by atoms with Gasteiger partial charge in [0.2, 0.25) is 0 Å². The zero-order valence-electron chi connectivity index (χ0n) is 10.4. The van der Waals surface area contributed by atoms with Crippen LogP contribution >= 0.6 is 0 Å². The zero-order valence-corrected chi connectivity index (χ0v) is 10.4. The molecule has 0 heterocycles. The van der Waals surface area contributed by atoms with Gasteiger partial charge in [0.15, 0.2) is 0 Å². The van der Waals surface area contributed by atoms with E-state index in [0.29, 0.717) is 6.42 Å². The number of anilines is 1. The number of nitriles is 1. The number of nitrogens with zero attached hydrogens (tertiary/aromatic N) is 1. The maximum atomic E-state index is 8.76. The summed E-state index contributed by atoms with van der Waals surface area (Å²) < 4.78 is 5.23. The van der Waals surface area contributed by atoms with E-state index in [1.165, 1.54) is 12.8 Å². The van der Waals surface area contributed by atoms with Gasteiger partial charge in [0.25, 0.3) is 0 Å². The molecule has 0 atom stereocenters. The minimum atomic E-state index is 0.239. The lowest BCUT2D eigenvalue weighted by Gasteiger charge is -2.14. The lowest BCUT2D eigenvalue weighted by Crippen LogP contribution is -2.14. The molecular weight excluding hydrogens is 212 g/mol. The fourth-order valence-electron chi connectivity index (χ4n) is 2.04. The second kappa shape index (κ2) is 4.67. The molecule has 1 aliphatic carbocycles. The third-order valence-electron chi connectivity index (χ3n) is 3.47. The second-order valence-electron chi connectivity index (χ2n) is 4.87. The lowest BCUT2D eigenvalue weighted by atomic mass is 10.0. The van der Waals surface area contributed by atoms with Crippen LogP contribution in [0.25, 0.3) is 0 Å². The van der Waals surface area contributed by atoms with Gasteiger partial charge in [-0.05, 0) is 43.5 Å². The summed E-state index contributed by atoms with van der Waals surface area (Å²) in [6.07, 6.45) is 3.00. The van der Waals surface area contributed by atoms with Crippen LogP contribution in [0.3, 0.4) is 0 Å². The summed E-state index contributed by atoms with van der Waals surface area (Å²) in [5.41, 5.74) is 2.47. The molecule has 1 fully saturated rings. The van der Waals surface area contributed by atoms with Crippen LogP contribution in [-0.2, 0) is 0 Å². The molecular formula is C14H18N2O. The van der Waals surface area contributed by atoms with E-state index in [1.807, 2.05) is 19.1 Å². The van der Waals surface area contributed by atoms with Crippen molar-refractivity contribution in [3.63, 3.8) is 0 Å². The summed E-state index contributed by atoms with van der Waals surface area (Å²) in [6, 6.07) is 8.36. The van der Waals surface area contributed by atoms with E-state index in [4.69, 9.17) is 10.00 Å². The average molecular weight is 230 g/mol. The number of rotatable bonds is 5. The Labute approximate surface area is 102 Å². The predicted molar refractivity (Wildman–Crippen MR) is 68.1 cm³/mol. The molecule has 1 aromatic rings. The third-order valence-corrected chi connectivity index (χ3v) is 3.47. The van der Waals surface area contributed by atoms with E-state index in [1.54, 1.807) is 7.11 Å². The number of hydrogen-bond acceptors (Lipinski definition) is 3. The summed E-state index contributed by atoms with van der Waals surface area (Å²) in [5.74, 6) is 0.911. The van der Waals surface area contributed by atoms with Gasteiger partial charge in [-0.25, -0.2) is 0 Å². The largest absolute Gasteiger partial charge is 0.496 e. The first-order valence-corrected chi connectivity index (χ1v) is 5.95. The molecule has 1 saturated carbocycles. The van der Waals surface area contributed by atoms with Crippen LogP contribution in [0.15, 0.2) is 18.2 Å². The van der Waals surface area contributed by atoms with Crippen molar-refractivity contribution in [3.8, 4) is 11.8 Å². The van der Waals surface area contributed by atoms with Gasteiger partial charge in [-0.3, -0.25) is 0 Å². The van der Waals surface area contributed by atoms with Crippen molar-refractivity contribution in [1.29, 1.82) is 5.26 Å². The third kappa shape index (κ3) is 2.71. The first-order chi connectivity index (χ1) is 8.19. The Morgan fingerprint density at radius 3 is 2.76 bits per heavy atom. The molecule has 0 amide bonds. The Hall–Kier alpha value is -1.69. The Bertz CT molecular complexity index is 444. The van der Waals surface area contributed by atoms with Crippen LogP contribution in [0.2, 0.25) is 0 Å². The van der Waals surface area contributed by atoms with Crippen LogP contribution < -0.4 is 10.1 Å². The molecule has 0 bridgehead atoms. The Morgan fingerprint density at radius 2 is 2.24 bits per heavy atom. The van der Waals surface area contributed by atoms with E-state index < -0.39 is 0 Å². The highest BCUT2D eigenvalue weighted by Gasteiger charge is 2.42. The molecule has 3 heteroatoms. The maximum Gasteiger partial charge on any atom is 0.121 e. The monoisotopic (exact) mass is 230 g/mol. The van der Waals surface area contributed by atoms with Gasteiger partial charge in [-0.2, -0.15) is 5.26 Å². The first-order valence-electron chi connectivity index (χ1n) is 5.95. The highest BCUT2D eigenvalue weighted by molar-refractivity contribution is 5.51. The Balaban J connectivity index is 1.96. The molecule has 0 radical (unpaired) electrons. The van der Waals surface area contributed by atoms with Crippen molar-refractivity contribution in [2.24, 2.45) is 5.41 Å². The molecule has 0 unspecified atom stereocenters. The molecule has 3 nitrogen and oxygen atoms in total. The van der Waals surface area contributed by atoms with Gasteiger partial charge < -0.3 is 10.1 Å². The van der Waals surface area contributed by atoms with Crippen LogP contribution in [-0.4, -0.2) is 13.7 Å². The molecule has 90 valence electrons. The number of benzene rings is 1. The SMILES string of the molecule is COc1ccc(NCC2(CC#N)CC2)cc1C. The maximum absolute atomic E-state index is 8.76. The van der Waals surface area contributed by atoms with E-state index in [0.717, 1.165) is 23.5 Å². The number of nitrogens with one attached hydrogen (secondary N) is 1.